The van der Waals surface area contributed by atoms with Gasteiger partial charge >= 0.3 is 0 Å². The zero-order valence-corrected chi connectivity index (χ0v) is 8.28. The monoisotopic (exact) mass is 163 g/mol. The first-order valence-corrected chi connectivity index (χ1v) is 4.51. The lowest BCUT2D eigenvalue weighted by molar-refractivity contribution is 0.939. The number of aliphatic imine (C=N–C) groups is 1. The summed E-state index contributed by atoms with van der Waals surface area (Å²) >= 11 is 0. The fourth-order valence-electron chi connectivity index (χ4n) is 1.62. The second kappa shape index (κ2) is 3.70. The fourth-order valence-corrected chi connectivity index (χ4v) is 1.62. The van der Waals surface area contributed by atoms with Gasteiger partial charge in [-0.1, -0.05) is 12.2 Å². The topological polar surface area (TPSA) is 12.4 Å². The predicted molar refractivity (Wildman–Crippen MR) is 54.5 cm³/mol. The number of nitrogens with zero attached hydrogens (tertiary/aromatic N) is 1. The molecule has 0 bridgehead atoms. The van der Waals surface area contributed by atoms with Crippen LogP contribution in [0.1, 0.15) is 40.0 Å². The van der Waals surface area contributed by atoms with Crippen LogP contribution in [0, 0.1) is 0 Å². The summed E-state index contributed by atoms with van der Waals surface area (Å²) in [5.41, 5.74) is 5.05. The quantitative estimate of drug-likeness (QED) is 0.561. The van der Waals surface area contributed by atoms with E-state index in [1.54, 1.807) is 0 Å². The molecule has 0 unspecified atom stereocenters. The van der Waals surface area contributed by atoms with Crippen molar-refractivity contribution in [3.8, 4) is 0 Å². The summed E-state index contributed by atoms with van der Waals surface area (Å²) in [5, 5.41) is 0. The van der Waals surface area contributed by atoms with Crippen molar-refractivity contribution in [2.24, 2.45) is 4.99 Å². The predicted octanol–water partition coefficient (Wildman–Crippen LogP) is 3.48. The van der Waals surface area contributed by atoms with Crippen molar-refractivity contribution in [1.82, 2.24) is 0 Å². The second-order valence-electron chi connectivity index (χ2n) is 3.63. The Morgan fingerprint density at radius 2 is 1.92 bits per heavy atom. The Hall–Kier alpha value is -0.850. The Balaban J connectivity index is 2.92. The molecule has 0 atom stereocenters. The highest BCUT2D eigenvalue weighted by Crippen LogP contribution is 2.25. The fraction of sp³-hybridized carbons (Fsp3) is 0.545. The van der Waals surface area contributed by atoms with Crippen LogP contribution >= 0.6 is 0 Å². The molecule has 0 heterocycles. The van der Waals surface area contributed by atoms with Gasteiger partial charge in [0.15, 0.2) is 0 Å². The van der Waals surface area contributed by atoms with E-state index in [0.717, 1.165) is 12.1 Å². The minimum absolute atomic E-state index is 0.922. The maximum atomic E-state index is 4.44. The van der Waals surface area contributed by atoms with Crippen molar-refractivity contribution in [2.75, 3.05) is 0 Å². The highest BCUT2D eigenvalue weighted by atomic mass is 14.8. The molecule has 0 aromatic rings. The van der Waals surface area contributed by atoms with Gasteiger partial charge in [0.05, 0.1) is 0 Å². The van der Waals surface area contributed by atoms with Gasteiger partial charge in [0.1, 0.15) is 0 Å². The molecule has 0 aromatic carbocycles. The summed E-state index contributed by atoms with van der Waals surface area (Å²) in [4.78, 5) is 4.44. The molecule has 1 aliphatic carbocycles. The maximum Gasteiger partial charge on any atom is 0.0437 e. The molecular weight excluding hydrogens is 146 g/mol. The molecule has 1 nitrogen and oxygen atoms in total. The zero-order valence-electron chi connectivity index (χ0n) is 8.28. The minimum atomic E-state index is 0.922. The van der Waals surface area contributed by atoms with E-state index in [4.69, 9.17) is 0 Å². The molecule has 0 spiro atoms. The van der Waals surface area contributed by atoms with Crippen LogP contribution in [0.25, 0.3) is 0 Å². The molecule has 0 amide bonds. The Morgan fingerprint density at radius 3 is 2.42 bits per heavy atom. The highest BCUT2D eigenvalue weighted by molar-refractivity contribution is 6.03. The third-order valence-electron chi connectivity index (χ3n) is 2.12. The maximum absolute atomic E-state index is 4.44. The van der Waals surface area contributed by atoms with E-state index in [1.165, 1.54) is 29.7 Å². The van der Waals surface area contributed by atoms with Crippen LogP contribution in [-0.2, 0) is 0 Å². The van der Waals surface area contributed by atoms with Gasteiger partial charge in [0.25, 0.3) is 0 Å². The number of rotatable bonds is 1. The summed E-state index contributed by atoms with van der Waals surface area (Å²) in [6, 6.07) is 0. The molecule has 12 heavy (non-hydrogen) atoms. The lowest BCUT2D eigenvalue weighted by atomic mass is 10.1. The summed E-state index contributed by atoms with van der Waals surface area (Å²) in [6.07, 6.45) is 3.59. The normalized spacial score (nSPS) is 20.2. The van der Waals surface area contributed by atoms with Gasteiger partial charge in [0, 0.05) is 11.4 Å². The summed E-state index contributed by atoms with van der Waals surface area (Å²) in [6.45, 7) is 10.1. The van der Waals surface area contributed by atoms with Crippen LogP contribution in [0.2, 0.25) is 0 Å². The van der Waals surface area contributed by atoms with Crippen LogP contribution in [0.4, 0.5) is 0 Å². The summed E-state index contributed by atoms with van der Waals surface area (Å²) in [7, 11) is 0. The average molecular weight is 163 g/mol. The van der Waals surface area contributed by atoms with Crippen molar-refractivity contribution in [3.05, 3.63) is 23.4 Å². The van der Waals surface area contributed by atoms with E-state index in [2.05, 4.69) is 25.4 Å². The zero-order chi connectivity index (χ0) is 9.14. The number of hydrogen-bond donors (Lipinski definition) is 0. The molecule has 0 radical (unpaired) electrons. The van der Waals surface area contributed by atoms with Crippen LogP contribution < -0.4 is 0 Å². The van der Waals surface area contributed by atoms with Crippen molar-refractivity contribution < 1.29 is 0 Å². The first kappa shape index (κ1) is 9.24. The summed E-state index contributed by atoms with van der Waals surface area (Å²) in [5.74, 6) is 0. The Kier molecular flexibility index (Phi) is 2.85. The average Bonchev–Trinajstić information content (AvgIpc) is 2.33. The van der Waals surface area contributed by atoms with E-state index < -0.39 is 0 Å². The van der Waals surface area contributed by atoms with Gasteiger partial charge in [-0.2, -0.15) is 0 Å². The van der Waals surface area contributed by atoms with Crippen molar-refractivity contribution in [3.63, 3.8) is 0 Å². The van der Waals surface area contributed by atoms with Crippen molar-refractivity contribution in [2.45, 2.75) is 40.0 Å². The Bertz CT molecular complexity index is 252. The van der Waals surface area contributed by atoms with E-state index >= 15 is 0 Å². The molecule has 1 fully saturated rings. The molecule has 1 aliphatic rings. The van der Waals surface area contributed by atoms with E-state index in [-0.39, 0.29) is 0 Å². The van der Waals surface area contributed by atoms with E-state index in [9.17, 15) is 0 Å². The standard InChI is InChI=1S/C11H17N/c1-8(2)10-6-5-7-11(10)12-9(3)4/h3,5-7H2,1-2,4H3. The lowest BCUT2D eigenvalue weighted by Crippen LogP contribution is -1.95. The lowest BCUT2D eigenvalue weighted by Gasteiger charge is -2.02. The van der Waals surface area contributed by atoms with Crippen LogP contribution in [0.3, 0.4) is 0 Å². The number of allylic oxidation sites excluding steroid dienone is 3. The third kappa shape index (κ3) is 2.07. The minimum Gasteiger partial charge on any atom is -0.259 e. The van der Waals surface area contributed by atoms with Gasteiger partial charge in [-0.15, -0.1) is 0 Å². The molecule has 1 rings (SSSR count). The van der Waals surface area contributed by atoms with Crippen LogP contribution in [0.15, 0.2) is 28.4 Å². The van der Waals surface area contributed by atoms with E-state index in [0.29, 0.717) is 0 Å². The Morgan fingerprint density at radius 1 is 1.25 bits per heavy atom. The first-order valence-electron chi connectivity index (χ1n) is 4.51. The molecule has 0 saturated heterocycles. The van der Waals surface area contributed by atoms with E-state index in [1.807, 2.05) is 6.92 Å². The van der Waals surface area contributed by atoms with Crippen LogP contribution in [-0.4, -0.2) is 5.71 Å². The SMILES string of the molecule is C=C(C)N=C1CCCC1=C(C)C. The van der Waals surface area contributed by atoms with Crippen molar-refractivity contribution >= 4 is 5.71 Å². The molecule has 0 aromatic heterocycles. The van der Waals surface area contributed by atoms with Gasteiger partial charge in [-0.3, -0.25) is 4.99 Å². The smallest absolute Gasteiger partial charge is 0.0437 e. The summed E-state index contributed by atoms with van der Waals surface area (Å²) < 4.78 is 0. The van der Waals surface area contributed by atoms with Crippen molar-refractivity contribution in [1.29, 1.82) is 0 Å². The molecular formula is C11H17N. The van der Waals surface area contributed by atoms with Gasteiger partial charge in [0.2, 0.25) is 0 Å². The molecule has 0 N–H and O–H groups in total. The van der Waals surface area contributed by atoms with Gasteiger partial charge < -0.3 is 0 Å². The largest absolute Gasteiger partial charge is 0.259 e. The second-order valence-corrected chi connectivity index (χ2v) is 3.63. The number of hydrogen-bond acceptors (Lipinski definition) is 1. The van der Waals surface area contributed by atoms with Gasteiger partial charge in [-0.25, -0.2) is 0 Å². The molecule has 0 aliphatic heterocycles. The molecule has 1 saturated carbocycles. The Labute approximate surface area is 74.9 Å². The van der Waals surface area contributed by atoms with Gasteiger partial charge in [-0.05, 0) is 45.6 Å². The first-order chi connectivity index (χ1) is 5.61. The molecule has 1 heteroatoms. The van der Waals surface area contributed by atoms with Crippen LogP contribution in [0.5, 0.6) is 0 Å². The highest BCUT2D eigenvalue weighted by Gasteiger charge is 2.15. The molecule has 66 valence electrons. The third-order valence-corrected chi connectivity index (χ3v) is 2.12.